The first kappa shape index (κ1) is 74.3. The van der Waals surface area contributed by atoms with Gasteiger partial charge in [0.1, 0.15) is 35.5 Å². The second-order valence-corrected chi connectivity index (χ2v) is 28.3. The number of aromatic carboxylic acids is 1. The molecule has 29 nitrogen and oxygen atoms in total. The number of H-pyrrole nitrogens is 2. The number of nitro groups is 2. The van der Waals surface area contributed by atoms with Crippen LogP contribution < -0.4 is 41.5 Å². The molecule has 0 aliphatic heterocycles. The number of benzene rings is 6. The molecular weight excluding hydrogens is 1320 g/mol. The van der Waals surface area contributed by atoms with Crippen LogP contribution in [0.4, 0.5) is 34.3 Å². The number of aromatic amines is 2. The van der Waals surface area contributed by atoms with E-state index < -0.39 is 23.9 Å². The molecule has 0 bridgehead atoms. The van der Waals surface area contributed by atoms with Gasteiger partial charge in [-0.05, 0) is 127 Å². The van der Waals surface area contributed by atoms with E-state index in [1.165, 1.54) is 57.7 Å². The average Bonchev–Trinajstić information content (AvgIpc) is 1.64. The number of pyridine rings is 4. The van der Waals surface area contributed by atoms with Crippen LogP contribution in [0.2, 0.25) is 25.7 Å². The molecule has 7 aromatic heterocycles. The molecule has 0 saturated heterocycles. The lowest BCUT2D eigenvalue weighted by Crippen LogP contribution is -2.22. The number of anilines is 4. The Morgan fingerprint density at radius 3 is 1.61 bits per heavy atom. The van der Waals surface area contributed by atoms with Gasteiger partial charge >= 0.3 is 5.97 Å². The normalized spacial score (nSPS) is 10.5. The first-order valence-electron chi connectivity index (χ1n) is 31.0. The van der Waals surface area contributed by atoms with Crippen LogP contribution in [0.3, 0.4) is 0 Å². The first-order chi connectivity index (χ1) is 49.1. The maximum atomic E-state index is 12.8. The SMILES string of the molecule is COc1ccc(C(=O)Nc2ccccc2-c2nc3ncccc3[nH]2)cc1OC.COc1ccc(C(=O)O)cc1OC.C[Si](C)(C)CCOCn1c(-c2ccccc2N)nc2cccnc21.Nc1cccnc1N.O=Cc1ccccc1[N+](=O)[O-].O=[N+]([O-])c1ccccc1-c1nc2ncccc2[nH]1. The highest BCUT2D eigenvalue weighted by molar-refractivity contribution is 6.76. The van der Waals surface area contributed by atoms with E-state index >= 15 is 0 Å². The zero-order valence-electron chi connectivity index (χ0n) is 56.4. The number of nitro benzene ring substituents is 2. The quantitative estimate of drug-likeness (QED) is 0.0105. The number of fused-ring (bicyclic) bond motifs is 3. The number of amides is 1. The Morgan fingerprint density at radius 2 is 1.07 bits per heavy atom. The zero-order chi connectivity index (χ0) is 73.3. The average molecular weight is 1400 g/mol. The van der Waals surface area contributed by atoms with Crippen LogP contribution in [-0.2, 0) is 11.5 Å². The number of carbonyl (C=O) groups is 3. The van der Waals surface area contributed by atoms with Crippen molar-refractivity contribution in [2.24, 2.45) is 0 Å². The number of nitrogens with two attached hydrogens (primary N) is 3. The van der Waals surface area contributed by atoms with E-state index in [1.807, 2.05) is 83.4 Å². The summed E-state index contributed by atoms with van der Waals surface area (Å²) in [5.41, 5.74) is 25.8. The van der Waals surface area contributed by atoms with Crippen molar-refractivity contribution < 1.29 is 53.0 Å². The number of imidazole rings is 3. The summed E-state index contributed by atoms with van der Waals surface area (Å²) in [6.07, 6.45) is 7.18. The Hall–Kier alpha value is -13.5. The minimum atomic E-state index is -1.10. The summed E-state index contributed by atoms with van der Waals surface area (Å²) in [5.74, 6) is 3.04. The number of methoxy groups -OCH3 is 4. The highest BCUT2D eigenvalue weighted by Gasteiger charge is 2.21. The van der Waals surface area contributed by atoms with E-state index in [0.29, 0.717) is 93.0 Å². The predicted molar refractivity (Wildman–Crippen MR) is 392 cm³/mol. The monoisotopic (exact) mass is 1400 g/mol. The number of ether oxygens (including phenoxy) is 5. The van der Waals surface area contributed by atoms with Crippen LogP contribution in [0.15, 0.2) is 207 Å². The molecular formula is C72H72N16O13Si. The Kier molecular flexibility index (Phi) is 26.0. The number of hydrogen-bond donors (Lipinski definition) is 7. The summed E-state index contributed by atoms with van der Waals surface area (Å²) in [4.78, 5) is 90.1. The standard InChI is InChI=1S/C21H18N4O3.C18H24N4OSi.C12H8N4O2.C9H10O4.C7H5NO3.C5H7N3/c1-27-17-10-9-13(12-18(17)28-2)21(26)24-15-7-4-3-6-14(15)19-23-16-8-5-11-22-20(16)25-19;1-24(2,3)12-11-23-13-22-17(14-7-4-5-8-15(14)19)21-16-9-6-10-20-18(16)22;17-16(18)10-6-2-1-4-8(10)11-14-9-5-3-7-13-12(9)15-11;1-12-7-4-3-6(9(10)11)5-8(7)13-2;9-5-6-3-1-2-4-7(6)8(10)11;6-4-2-1-3-8-5(4)7/h3-12H,1-2H3,(H,24,26)(H,22,23,25);4-10H,11-13,19H2,1-3H3;1-7H,(H,13,14,15);3-5H,1-2H3,(H,10,11);1-5H;1-3H,6H2,(H2,7,8). The van der Waals surface area contributed by atoms with Crippen LogP contribution in [0.5, 0.6) is 23.0 Å². The van der Waals surface area contributed by atoms with Crippen molar-refractivity contribution in [3.63, 3.8) is 0 Å². The van der Waals surface area contributed by atoms with Gasteiger partial charge < -0.3 is 61.3 Å². The minimum absolute atomic E-state index is 0.0246. The van der Waals surface area contributed by atoms with Gasteiger partial charge in [0.25, 0.3) is 17.3 Å². The topological polar surface area (TPSA) is 421 Å². The van der Waals surface area contributed by atoms with Crippen molar-refractivity contribution in [3.8, 4) is 57.2 Å². The summed E-state index contributed by atoms with van der Waals surface area (Å²) in [7, 11) is 4.94. The van der Waals surface area contributed by atoms with E-state index in [2.05, 4.69) is 64.8 Å². The molecule has 0 spiro atoms. The molecule has 13 aromatic rings. The lowest BCUT2D eigenvalue weighted by atomic mass is 10.1. The second-order valence-electron chi connectivity index (χ2n) is 22.7. The van der Waals surface area contributed by atoms with Gasteiger partial charge in [-0.15, -0.1) is 0 Å². The van der Waals surface area contributed by atoms with Crippen molar-refractivity contribution in [3.05, 3.63) is 244 Å². The number of carbonyl (C=O) groups excluding carboxylic acids is 2. The third kappa shape index (κ3) is 19.9. The van der Waals surface area contributed by atoms with Gasteiger partial charge in [0.05, 0.1) is 77.4 Å². The van der Waals surface area contributed by atoms with Crippen LogP contribution in [0.1, 0.15) is 31.1 Å². The Labute approximate surface area is 584 Å². The Balaban J connectivity index is 0.000000163. The van der Waals surface area contributed by atoms with Gasteiger partial charge in [-0.3, -0.25) is 34.4 Å². The molecule has 102 heavy (non-hydrogen) atoms. The molecule has 10 N–H and O–H groups in total. The molecule has 0 aliphatic carbocycles. The summed E-state index contributed by atoms with van der Waals surface area (Å²) in [6, 6.07) is 52.8. The van der Waals surface area contributed by atoms with Crippen molar-refractivity contribution in [2.45, 2.75) is 32.4 Å². The van der Waals surface area contributed by atoms with Gasteiger partial charge in [-0.1, -0.05) is 68.2 Å². The highest BCUT2D eigenvalue weighted by atomic mass is 28.3. The van der Waals surface area contributed by atoms with Crippen LogP contribution in [0.25, 0.3) is 67.7 Å². The minimum Gasteiger partial charge on any atom is -0.493 e. The molecule has 0 radical (unpaired) electrons. The number of para-hydroxylation sites is 4. The van der Waals surface area contributed by atoms with Gasteiger partial charge in [0.2, 0.25) is 0 Å². The van der Waals surface area contributed by atoms with E-state index in [-0.39, 0.29) is 28.4 Å². The molecule has 0 atom stereocenters. The molecule has 1 amide bonds. The van der Waals surface area contributed by atoms with E-state index in [9.17, 15) is 34.6 Å². The second kappa shape index (κ2) is 35.7. The van der Waals surface area contributed by atoms with Gasteiger partial charge in [0, 0.05) is 74.0 Å². The van der Waals surface area contributed by atoms with Gasteiger partial charge in [-0.2, -0.15) is 0 Å². The first-order valence-corrected chi connectivity index (χ1v) is 34.7. The van der Waals surface area contributed by atoms with Gasteiger partial charge in [-0.25, -0.2) is 39.7 Å². The summed E-state index contributed by atoms with van der Waals surface area (Å²) in [5, 5.41) is 32.8. The summed E-state index contributed by atoms with van der Waals surface area (Å²) in [6.45, 7) is 8.23. The lowest BCUT2D eigenvalue weighted by Gasteiger charge is -2.16. The van der Waals surface area contributed by atoms with E-state index in [1.54, 1.807) is 98.6 Å². The number of carboxylic acid groups (broad SMARTS) is 1. The number of rotatable bonds is 18. The fourth-order valence-corrected chi connectivity index (χ4v) is 10.2. The maximum Gasteiger partial charge on any atom is 0.335 e. The number of nitrogens with one attached hydrogen (secondary N) is 3. The number of aldehydes is 1. The Bertz CT molecular complexity index is 4960. The Morgan fingerprint density at radius 1 is 0.569 bits per heavy atom. The van der Waals surface area contributed by atoms with Crippen molar-refractivity contribution >= 4 is 94.0 Å². The number of nitrogen functional groups attached to an aromatic ring is 3. The molecule has 13 rings (SSSR count). The number of hydrogen-bond acceptors (Lipinski definition) is 22. The lowest BCUT2D eigenvalue weighted by molar-refractivity contribution is -0.385. The number of carboxylic acids is 1. The van der Waals surface area contributed by atoms with Gasteiger partial charge in [0.15, 0.2) is 46.2 Å². The molecule has 6 aromatic carbocycles. The summed E-state index contributed by atoms with van der Waals surface area (Å²) >= 11 is 0. The summed E-state index contributed by atoms with van der Waals surface area (Å²) < 4.78 is 28.3. The highest BCUT2D eigenvalue weighted by Crippen LogP contribution is 2.33. The van der Waals surface area contributed by atoms with Crippen molar-refractivity contribution in [2.75, 3.05) is 57.6 Å². The van der Waals surface area contributed by atoms with Crippen LogP contribution in [-0.4, -0.2) is 126 Å². The fraction of sp³-hybridized carbons (Fsp3) is 0.139. The smallest absolute Gasteiger partial charge is 0.335 e. The molecule has 0 aliphatic rings. The molecule has 0 saturated carbocycles. The van der Waals surface area contributed by atoms with Crippen molar-refractivity contribution in [1.29, 1.82) is 0 Å². The van der Waals surface area contributed by atoms with E-state index in [4.69, 9.17) is 51.0 Å². The number of aromatic nitrogens is 10. The molecule has 522 valence electrons. The molecule has 30 heteroatoms. The predicted octanol–water partition coefficient (Wildman–Crippen LogP) is 13.5. The van der Waals surface area contributed by atoms with E-state index in [0.717, 1.165) is 51.8 Å². The largest absolute Gasteiger partial charge is 0.493 e. The third-order valence-corrected chi connectivity index (χ3v) is 16.3. The molecule has 0 fully saturated rings. The maximum absolute atomic E-state index is 12.8. The molecule has 7 heterocycles. The number of nitrogens with zero attached hydrogens (tertiary/aromatic N) is 10. The van der Waals surface area contributed by atoms with Crippen LogP contribution >= 0.6 is 0 Å². The molecule has 0 unspecified atom stereocenters. The third-order valence-electron chi connectivity index (χ3n) is 14.6. The van der Waals surface area contributed by atoms with Crippen LogP contribution in [0, 0.1) is 20.2 Å². The van der Waals surface area contributed by atoms with Crippen molar-refractivity contribution in [1.82, 2.24) is 49.4 Å². The fourth-order valence-electron chi connectivity index (χ4n) is 9.42. The zero-order valence-corrected chi connectivity index (χ0v) is 57.4.